The Morgan fingerprint density at radius 3 is 2.79 bits per heavy atom. The van der Waals surface area contributed by atoms with E-state index in [0.717, 1.165) is 24.8 Å². The van der Waals surface area contributed by atoms with Crippen LogP contribution in [-0.4, -0.2) is 24.3 Å². The van der Waals surface area contributed by atoms with E-state index >= 15 is 0 Å². The zero-order valence-corrected chi connectivity index (χ0v) is 15.3. The number of halogens is 2. The highest BCUT2D eigenvalue weighted by atomic mass is 35.5. The molecule has 1 aliphatic rings. The fraction of sp³-hybridized carbons (Fsp3) is 0.611. The molecule has 1 saturated carbocycles. The SMILES string of the molecule is CC(C)(C)OC(=O)NCC1CCCC1NCc1ccc(Cl)c(F)c1. The Balaban J connectivity index is 1.80. The third-order valence-corrected chi connectivity index (χ3v) is 4.43. The molecule has 1 amide bonds. The summed E-state index contributed by atoms with van der Waals surface area (Å²) in [7, 11) is 0. The molecule has 0 saturated heterocycles. The maximum Gasteiger partial charge on any atom is 0.407 e. The van der Waals surface area contributed by atoms with Gasteiger partial charge >= 0.3 is 6.09 Å². The van der Waals surface area contributed by atoms with E-state index in [-0.39, 0.29) is 11.1 Å². The predicted molar refractivity (Wildman–Crippen MR) is 93.6 cm³/mol. The van der Waals surface area contributed by atoms with Gasteiger partial charge in [0.2, 0.25) is 0 Å². The summed E-state index contributed by atoms with van der Waals surface area (Å²) in [6, 6.07) is 5.16. The first-order valence-corrected chi connectivity index (χ1v) is 8.76. The second-order valence-corrected chi connectivity index (χ2v) is 7.72. The van der Waals surface area contributed by atoms with Crippen LogP contribution in [-0.2, 0) is 11.3 Å². The third kappa shape index (κ3) is 5.95. The minimum absolute atomic E-state index is 0.138. The lowest BCUT2D eigenvalue weighted by Crippen LogP contribution is -2.40. The van der Waals surface area contributed by atoms with Gasteiger partial charge < -0.3 is 15.4 Å². The molecule has 0 bridgehead atoms. The first kappa shape index (κ1) is 19.0. The van der Waals surface area contributed by atoms with Crippen LogP contribution < -0.4 is 10.6 Å². The van der Waals surface area contributed by atoms with E-state index in [9.17, 15) is 9.18 Å². The molecule has 0 radical (unpaired) electrons. The number of nitrogens with one attached hydrogen (secondary N) is 2. The van der Waals surface area contributed by atoms with Gasteiger partial charge in [-0.25, -0.2) is 9.18 Å². The van der Waals surface area contributed by atoms with Crippen LogP contribution in [0.25, 0.3) is 0 Å². The number of benzene rings is 1. The minimum Gasteiger partial charge on any atom is -0.444 e. The first-order valence-electron chi connectivity index (χ1n) is 8.39. The van der Waals surface area contributed by atoms with E-state index in [1.165, 1.54) is 6.07 Å². The average molecular weight is 357 g/mol. The highest BCUT2D eigenvalue weighted by Crippen LogP contribution is 2.26. The molecule has 0 aromatic heterocycles. The van der Waals surface area contributed by atoms with Crippen molar-refractivity contribution in [1.82, 2.24) is 10.6 Å². The molecule has 1 fully saturated rings. The Morgan fingerprint density at radius 2 is 2.12 bits per heavy atom. The average Bonchev–Trinajstić information content (AvgIpc) is 2.92. The summed E-state index contributed by atoms with van der Waals surface area (Å²) >= 11 is 5.70. The van der Waals surface area contributed by atoms with Crippen LogP contribution in [0.1, 0.15) is 45.6 Å². The van der Waals surface area contributed by atoms with Gasteiger partial charge in [-0.05, 0) is 57.2 Å². The van der Waals surface area contributed by atoms with E-state index in [4.69, 9.17) is 16.3 Å². The summed E-state index contributed by atoms with van der Waals surface area (Å²) < 4.78 is 18.7. The molecule has 0 spiro atoms. The molecule has 0 heterocycles. The van der Waals surface area contributed by atoms with Gasteiger partial charge in [-0.3, -0.25) is 0 Å². The smallest absolute Gasteiger partial charge is 0.407 e. The highest BCUT2D eigenvalue weighted by Gasteiger charge is 2.27. The van der Waals surface area contributed by atoms with Gasteiger partial charge in [-0.1, -0.05) is 24.1 Å². The van der Waals surface area contributed by atoms with Gasteiger partial charge in [0.05, 0.1) is 5.02 Å². The molecule has 2 N–H and O–H groups in total. The van der Waals surface area contributed by atoms with Crippen molar-refractivity contribution in [3.63, 3.8) is 0 Å². The summed E-state index contributed by atoms with van der Waals surface area (Å²) in [4.78, 5) is 11.8. The standard InChI is InChI=1S/C18H26ClFN2O2/c1-18(2,3)24-17(23)22-11-13-5-4-6-16(13)21-10-12-7-8-14(19)15(20)9-12/h7-9,13,16,21H,4-6,10-11H2,1-3H3,(H,22,23). The summed E-state index contributed by atoms with van der Waals surface area (Å²) in [5.41, 5.74) is 0.374. The van der Waals surface area contributed by atoms with E-state index in [1.54, 1.807) is 6.07 Å². The summed E-state index contributed by atoms with van der Waals surface area (Å²) in [5.74, 6) is -0.0415. The molecule has 1 aromatic rings. The Bertz CT molecular complexity index is 575. The molecule has 24 heavy (non-hydrogen) atoms. The zero-order valence-electron chi connectivity index (χ0n) is 14.5. The van der Waals surface area contributed by atoms with Gasteiger partial charge in [-0.15, -0.1) is 0 Å². The number of hydrogen-bond donors (Lipinski definition) is 2. The fourth-order valence-electron chi connectivity index (χ4n) is 2.98. The first-order chi connectivity index (χ1) is 11.2. The molecule has 1 aliphatic carbocycles. The van der Waals surface area contributed by atoms with Crippen LogP contribution >= 0.6 is 11.6 Å². The second-order valence-electron chi connectivity index (χ2n) is 7.31. The van der Waals surface area contributed by atoms with E-state index in [0.29, 0.717) is 25.0 Å². The van der Waals surface area contributed by atoms with Gasteiger partial charge in [0.25, 0.3) is 0 Å². The van der Waals surface area contributed by atoms with Crippen molar-refractivity contribution in [2.45, 2.75) is 58.2 Å². The predicted octanol–water partition coefficient (Wildman–Crippen LogP) is 4.26. The molecular weight excluding hydrogens is 331 g/mol. The molecule has 4 nitrogen and oxygen atoms in total. The highest BCUT2D eigenvalue weighted by molar-refractivity contribution is 6.30. The van der Waals surface area contributed by atoms with Crippen LogP contribution in [0, 0.1) is 11.7 Å². The Kier molecular flexibility index (Phi) is 6.47. The maximum absolute atomic E-state index is 13.5. The lowest BCUT2D eigenvalue weighted by atomic mass is 10.0. The summed E-state index contributed by atoms with van der Waals surface area (Å²) in [5, 5.41) is 6.45. The van der Waals surface area contributed by atoms with E-state index < -0.39 is 11.4 Å². The van der Waals surface area contributed by atoms with Crippen LogP contribution in [0.3, 0.4) is 0 Å². The summed E-state index contributed by atoms with van der Waals surface area (Å²) in [6.07, 6.45) is 2.85. The Hall–Kier alpha value is -1.33. The van der Waals surface area contributed by atoms with Gasteiger partial charge in [-0.2, -0.15) is 0 Å². The Morgan fingerprint density at radius 1 is 1.38 bits per heavy atom. The van der Waals surface area contributed by atoms with Crippen molar-refractivity contribution >= 4 is 17.7 Å². The molecule has 134 valence electrons. The topological polar surface area (TPSA) is 50.4 Å². The van der Waals surface area contributed by atoms with Crippen LogP contribution in [0.2, 0.25) is 5.02 Å². The molecule has 6 heteroatoms. The summed E-state index contributed by atoms with van der Waals surface area (Å²) in [6.45, 7) is 6.70. The van der Waals surface area contributed by atoms with Crippen molar-refractivity contribution < 1.29 is 13.9 Å². The number of hydrogen-bond acceptors (Lipinski definition) is 3. The van der Waals surface area contributed by atoms with Crippen LogP contribution in [0.15, 0.2) is 18.2 Å². The monoisotopic (exact) mass is 356 g/mol. The minimum atomic E-state index is -0.490. The Labute approximate surface area is 148 Å². The van der Waals surface area contributed by atoms with Gasteiger partial charge in [0, 0.05) is 19.1 Å². The lowest BCUT2D eigenvalue weighted by molar-refractivity contribution is 0.0517. The molecule has 2 unspecified atom stereocenters. The van der Waals surface area contributed by atoms with E-state index in [1.807, 2.05) is 26.8 Å². The number of rotatable bonds is 5. The van der Waals surface area contributed by atoms with Gasteiger partial charge in [0.1, 0.15) is 11.4 Å². The number of ether oxygens (including phenoxy) is 1. The number of carbonyl (C=O) groups excluding carboxylic acids is 1. The van der Waals surface area contributed by atoms with Crippen molar-refractivity contribution in [3.05, 3.63) is 34.6 Å². The fourth-order valence-corrected chi connectivity index (χ4v) is 3.09. The zero-order chi connectivity index (χ0) is 17.7. The normalized spacial score (nSPS) is 20.9. The van der Waals surface area contributed by atoms with Crippen LogP contribution in [0.4, 0.5) is 9.18 Å². The molecular formula is C18H26ClFN2O2. The third-order valence-electron chi connectivity index (χ3n) is 4.12. The largest absolute Gasteiger partial charge is 0.444 e. The lowest BCUT2D eigenvalue weighted by Gasteiger charge is -2.24. The van der Waals surface area contributed by atoms with E-state index in [2.05, 4.69) is 10.6 Å². The van der Waals surface area contributed by atoms with Crippen molar-refractivity contribution in [2.75, 3.05) is 6.54 Å². The quantitative estimate of drug-likeness (QED) is 0.828. The molecule has 2 rings (SSSR count). The molecule has 0 aliphatic heterocycles. The van der Waals surface area contributed by atoms with Crippen molar-refractivity contribution in [1.29, 1.82) is 0 Å². The molecule has 1 aromatic carbocycles. The van der Waals surface area contributed by atoms with Crippen molar-refractivity contribution in [3.8, 4) is 0 Å². The second kappa shape index (κ2) is 8.17. The number of carbonyl (C=O) groups is 1. The molecule has 2 atom stereocenters. The van der Waals surface area contributed by atoms with Crippen LogP contribution in [0.5, 0.6) is 0 Å². The maximum atomic E-state index is 13.5. The number of alkyl carbamates (subject to hydrolysis) is 1. The number of amides is 1. The van der Waals surface area contributed by atoms with Gasteiger partial charge in [0.15, 0.2) is 0 Å². The van der Waals surface area contributed by atoms with Crippen molar-refractivity contribution in [2.24, 2.45) is 5.92 Å².